The molecule has 1 spiro atoms. The third kappa shape index (κ3) is 3.46. The summed E-state index contributed by atoms with van der Waals surface area (Å²) < 4.78 is 5.14. The van der Waals surface area contributed by atoms with Crippen LogP contribution in [0.1, 0.15) is 67.2 Å². The maximum atomic E-state index is 13.3. The summed E-state index contributed by atoms with van der Waals surface area (Å²) in [6, 6.07) is 4.02. The second kappa shape index (κ2) is 7.33. The maximum absolute atomic E-state index is 13.3. The summed E-state index contributed by atoms with van der Waals surface area (Å²) in [5.41, 5.74) is 3.37. The van der Waals surface area contributed by atoms with E-state index in [4.69, 9.17) is 4.74 Å². The van der Waals surface area contributed by atoms with Crippen molar-refractivity contribution in [2.75, 3.05) is 13.2 Å². The molecule has 1 aromatic rings. The van der Waals surface area contributed by atoms with Crippen molar-refractivity contribution in [3.05, 3.63) is 34.4 Å². The molecule has 3 fully saturated rings. The molecule has 3 aliphatic rings. The Kier molecular flexibility index (Phi) is 4.98. The first kappa shape index (κ1) is 19.7. The van der Waals surface area contributed by atoms with Gasteiger partial charge < -0.3 is 9.64 Å². The lowest BCUT2D eigenvalue weighted by molar-refractivity contribution is -0.139. The zero-order valence-corrected chi connectivity index (χ0v) is 17.3. The van der Waals surface area contributed by atoms with E-state index < -0.39 is 5.92 Å². The van der Waals surface area contributed by atoms with E-state index in [1.807, 2.05) is 26.0 Å². The quantitative estimate of drug-likeness (QED) is 0.539. The van der Waals surface area contributed by atoms with Gasteiger partial charge in [-0.15, -0.1) is 5.92 Å². The van der Waals surface area contributed by atoms with Gasteiger partial charge in [-0.25, -0.2) is 4.79 Å². The Labute approximate surface area is 171 Å². The maximum Gasteiger partial charge on any atom is 0.410 e. The minimum atomic E-state index is -0.668. The number of hydrogen-bond donors (Lipinski definition) is 0. The summed E-state index contributed by atoms with van der Waals surface area (Å²) >= 11 is 0. The lowest BCUT2D eigenvalue weighted by atomic mass is 9.61. The number of carbonyl (C=O) groups excluding carboxylic acids is 3. The van der Waals surface area contributed by atoms with Gasteiger partial charge in [0.05, 0.1) is 6.61 Å². The number of fused-ring (bicyclic) bond motifs is 1. The van der Waals surface area contributed by atoms with Crippen molar-refractivity contribution >= 4 is 17.7 Å². The number of piperidine rings is 1. The Morgan fingerprint density at radius 3 is 2.38 bits per heavy atom. The van der Waals surface area contributed by atoms with E-state index in [-0.39, 0.29) is 29.1 Å². The number of Topliss-reactive ketones (excluding diaryl/α,β-unsaturated/α-hetero) is 2. The fourth-order valence-electron chi connectivity index (χ4n) is 5.59. The van der Waals surface area contributed by atoms with Crippen LogP contribution in [0.15, 0.2) is 12.1 Å². The van der Waals surface area contributed by atoms with Gasteiger partial charge in [0, 0.05) is 37.4 Å². The molecule has 1 aromatic carbocycles. The van der Waals surface area contributed by atoms with Gasteiger partial charge in [0.1, 0.15) is 17.5 Å². The highest BCUT2D eigenvalue weighted by Crippen LogP contribution is 2.49. The fourth-order valence-corrected chi connectivity index (χ4v) is 5.59. The number of amides is 1. The molecular formula is C24H27NO4. The van der Waals surface area contributed by atoms with Crippen LogP contribution in [0.4, 0.5) is 4.79 Å². The lowest BCUT2D eigenvalue weighted by Crippen LogP contribution is -2.55. The number of nitrogens with zero attached hydrogens (tertiary/aromatic N) is 1. The number of aryl methyl sites for hydroxylation is 2. The third-order valence-corrected chi connectivity index (χ3v) is 6.80. The van der Waals surface area contributed by atoms with Gasteiger partial charge in [-0.1, -0.05) is 5.92 Å². The summed E-state index contributed by atoms with van der Waals surface area (Å²) in [4.78, 5) is 40.3. The normalized spacial score (nSPS) is 29.2. The van der Waals surface area contributed by atoms with E-state index in [1.165, 1.54) is 0 Å². The zero-order chi connectivity index (χ0) is 20.8. The summed E-state index contributed by atoms with van der Waals surface area (Å²) in [6.07, 6.45) is 2.75. The molecule has 5 nitrogen and oxygen atoms in total. The largest absolute Gasteiger partial charge is 0.449 e. The second-order valence-corrected chi connectivity index (χ2v) is 8.82. The van der Waals surface area contributed by atoms with Crippen LogP contribution in [0, 0.1) is 31.1 Å². The van der Waals surface area contributed by atoms with E-state index in [1.54, 1.807) is 11.8 Å². The van der Waals surface area contributed by atoms with Crippen molar-refractivity contribution < 1.29 is 19.1 Å². The lowest BCUT2D eigenvalue weighted by Gasteiger charge is -2.49. The Morgan fingerprint density at radius 1 is 1.10 bits per heavy atom. The third-order valence-electron chi connectivity index (χ3n) is 6.80. The highest BCUT2D eigenvalue weighted by Gasteiger charge is 2.51. The SMILES string of the molecule is CC#Cc1cc(C)c(C2C(=O)CC3(CCN4C(=O)OCCC4C3)CC2=O)c(C)c1. The molecule has 29 heavy (non-hydrogen) atoms. The van der Waals surface area contributed by atoms with Crippen LogP contribution >= 0.6 is 0 Å². The average Bonchev–Trinajstić information content (AvgIpc) is 2.63. The number of hydrogen-bond acceptors (Lipinski definition) is 4. The minimum absolute atomic E-state index is 0.0219. The molecule has 152 valence electrons. The molecule has 2 saturated heterocycles. The van der Waals surface area contributed by atoms with Gasteiger partial charge in [0.25, 0.3) is 0 Å². The molecular weight excluding hydrogens is 366 g/mol. The number of benzene rings is 1. The molecule has 0 bridgehead atoms. The van der Waals surface area contributed by atoms with E-state index in [9.17, 15) is 14.4 Å². The first-order valence-electron chi connectivity index (χ1n) is 10.4. The van der Waals surface area contributed by atoms with E-state index in [0.717, 1.165) is 35.1 Å². The van der Waals surface area contributed by atoms with E-state index >= 15 is 0 Å². The van der Waals surface area contributed by atoms with Crippen LogP contribution in [0.2, 0.25) is 0 Å². The minimum Gasteiger partial charge on any atom is -0.449 e. The molecule has 0 N–H and O–H groups in total. The number of cyclic esters (lactones) is 1. The van der Waals surface area contributed by atoms with Gasteiger partial charge in [0.15, 0.2) is 0 Å². The summed E-state index contributed by atoms with van der Waals surface area (Å²) in [6.45, 7) is 6.70. The van der Waals surface area contributed by atoms with E-state index in [2.05, 4.69) is 11.8 Å². The zero-order valence-electron chi connectivity index (χ0n) is 17.3. The summed E-state index contributed by atoms with van der Waals surface area (Å²) in [7, 11) is 0. The van der Waals surface area contributed by atoms with Gasteiger partial charge in [-0.3, -0.25) is 9.59 Å². The molecule has 0 aromatic heterocycles. The Balaban J connectivity index is 1.59. The summed E-state index contributed by atoms with van der Waals surface area (Å²) in [5, 5.41) is 0. The van der Waals surface area contributed by atoms with Crippen molar-refractivity contribution in [2.45, 2.75) is 64.8 Å². The monoisotopic (exact) mass is 393 g/mol. The average molecular weight is 393 g/mol. The van der Waals surface area contributed by atoms with Crippen molar-refractivity contribution in [1.82, 2.24) is 4.90 Å². The molecule has 0 radical (unpaired) electrons. The van der Waals surface area contributed by atoms with Crippen LogP contribution in [0.3, 0.4) is 0 Å². The van der Waals surface area contributed by atoms with Gasteiger partial charge in [-0.2, -0.15) is 0 Å². The molecule has 1 unspecified atom stereocenters. The second-order valence-electron chi connectivity index (χ2n) is 8.82. The van der Waals surface area contributed by atoms with Crippen molar-refractivity contribution in [3.63, 3.8) is 0 Å². The predicted molar refractivity (Wildman–Crippen MR) is 109 cm³/mol. The number of ketones is 2. The van der Waals surface area contributed by atoms with Crippen LogP contribution < -0.4 is 0 Å². The van der Waals surface area contributed by atoms with E-state index in [0.29, 0.717) is 32.4 Å². The first-order chi connectivity index (χ1) is 13.8. The Hall–Kier alpha value is -2.61. The number of ether oxygens (including phenoxy) is 1. The molecule has 1 amide bonds. The Bertz CT molecular complexity index is 910. The molecule has 1 saturated carbocycles. The summed E-state index contributed by atoms with van der Waals surface area (Å²) in [5.74, 6) is 5.33. The van der Waals surface area contributed by atoms with Crippen LogP contribution in [0.25, 0.3) is 0 Å². The predicted octanol–water partition coefficient (Wildman–Crippen LogP) is 3.68. The van der Waals surface area contributed by atoms with Crippen LogP contribution in [0.5, 0.6) is 0 Å². The molecule has 1 atom stereocenters. The van der Waals surface area contributed by atoms with Gasteiger partial charge in [0.2, 0.25) is 0 Å². The molecule has 2 heterocycles. The topological polar surface area (TPSA) is 63.7 Å². The smallest absolute Gasteiger partial charge is 0.410 e. The van der Waals surface area contributed by atoms with Crippen molar-refractivity contribution in [2.24, 2.45) is 5.41 Å². The fraction of sp³-hybridized carbons (Fsp3) is 0.542. The molecule has 1 aliphatic carbocycles. The van der Waals surface area contributed by atoms with Crippen molar-refractivity contribution in [3.8, 4) is 11.8 Å². The molecule has 2 aliphatic heterocycles. The number of carbonyl (C=O) groups is 3. The van der Waals surface area contributed by atoms with Gasteiger partial charge >= 0.3 is 6.09 Å². The highest BCUT2D eigenvalue weighted by atomic mass is 16.6. The molecule has 4 rings (SSSR count). The Morgan fingerprint density at radius 2 is 1.76 bits per heavy atom. The van der Waals surface area contributed by atoms with Crippen molar-refractivity contribution in [1.29, 1.82) is 0 Å². The first-order valence-corrected chi connectivity index (χ1v) is 10.4. The van der Waals surface area contributed by atoms with Crippen LogP contribution in [-0.4, -0.2) is 41.8 Å². The van der Waals surface area contributed by atoms with Gasteiger partial charge in [-0.05, 0) is 67.9 Å². The standard InChI is InChI=1S/C24H27NO4/c1-4-5-17-10-15(2)21(16(3)11-17)22-19(26)13-24(14-20(22)27)7-8-25-18(12-24)6-9-29-23(25)28/h10-11,18,22H,6-9,12-14H2,1-3H3. The highest BCUT2D eigenvalue weighted by molar-refractivity contribution is 6.10. The number of rotatable bonds is 1. The molecule has 5 heteroatoms. The van der Waals surface area contributed by atoms with Crippen LogP contribution in [-0.2, 0) is 14.3 Å².